The fourth-order valence-corrected chi connectivity index (χ4v) is 2.14. The number of hydrogen-bond donors (Lipinski definition) is 2. The Hall–Kier alpha value is -1.81. The van der Waals surface area contributed by atoms with E-state index in [1.165, 1.54) is 6.42 Å². The first-order chi connectivity index (χ1) is 9.33. The van der Waals surface area contributed by atoms with E-state index in [4.69, 9.17) is 10.5 Å². The fraction of sp³-hybridized carbons (Fsp3) is 0.400. The Balaban J connectivity index is 1.96. The monoisotopic (exact) mass is 259 g/mol. The van der Waals surface area contributed by atoms with Crippen molar-refractivity contribution >= 4 is 22.1 Å². The number of anilines is 2. The summed E-state index contributed by atoms with van der Waals surface area (Å²) in [4.78, 5) is 4.17. The first kappa shape index (κ1) is 13.6. The molecule has 0 amide bonds. The van der Waals surface area contributed by atoms with Gasteiger partial charge in [0.15, 0.2) is 0 Å². The minimum absolute atomic E-state index is 0.794. The van der Waals surface area contributed by atoms with Crippen LogP contribution in [0, 0.1) is 0 Å². The molecule has 0 spiro atoms. The topological polar surface area (TPSA) is 60.2 Å². The van der Waals surface area contributed by atoms with Gasteiger partial charge >= 0.3 is 0 Å². The van der Waals surface area contributed by atoms with Gasteiger partial charge in [-0.15, -0.1) is 0 Å². The zero-order valence-corrected chi connectivity index (χ0v) is 11.4. The van der Waals surface area contributed by atoms with Crippen LogP contribution in [0.3, 0.4) is 0 Å². The highest BCUT2D eigenvalue weighted by molar-refractivity contribution is 6.00. The Kier molecular flexibility index (Phi) is 4.98. The quantitative estimate of drug-likeness (QED) is 0.592. The summed E-state index contributed by atoms with van der Waals surface area (Å²) in [5.74, 6) is 0. The second kappa shape index (κ2) is 6.95. The maximum atomic E-state index is 5.97. The van der Waals surface area contributed by atoms with Gasteiger partial charge in [-0.2, -0.15) is 0 Å². The SMILES string of the molecule is COCCCCCNc1ccc(N)c2ccncc12. The van der Waals surface area contributed by atoms with Gasteiger partial charge in [-0.1, -0.05) is 0 Å². The van der Waals surface area contributed by atoms with Crippen LogP contribution in [0.1, 0.15) is 19.3 Å². The molecule has 0 radical (unpaired) electrons. The van der Waals surface area contributed by atoms with E-state index in [0.717, 1.165) is 48.1 Å². The maximum Gasteiger partial charge on any atom is 0.0462 e. The Morgan fingerprint density at radius 2 is 2.05 bits per heavy atom. The number of ether oxygens (including phenoxy) is 1. The van der Waals surface area contributed by atoms with Gasteiger partial charge in [-0.25, -0.2) is 0 Å². The lowest BCUT2D eigenvalue weighted by molar-refractivity contribution is 0.192. The molecule has 0 atom stereocenters. The van der Waals surface area contributed by atoms with E-state index in [1.54, 1.807) is 13.3 Å². The van der Waals surface area contributed by atoms with Gasteiger partial charge in [0, 0.05) is 54.8 Å². The van der Waals surface area contributed by atoms with Crippen molar-refractivity contribution in [3.8, 4) is 0 Å². The molecule has 0 bridgehead atoms. The smallest absolute Gasteiger partial charge is 0.0462 e. The number of nitrogens with one attached hydrogen (secondary N) is 1. The number of methoxy groups -OCH3 is 1. The predicted octanol–water partition coefficient (Wildman–Crippen LogP) is 3.05. The number of hydrogen-bond acceptors (Lipinski definition) is 4. The number of nitrogens with two attached hydrogens (primary N) is 1. The first-order valence-electron chi connectivity index (χ1n) is 6.68. The number of benzene rings is 1. The summed E-state index contributed by atoms with van der Waals surface area (Å²) >= 11 is 0. The van der Waals surface area contributed by atoms with Crippen molar-refractivity contribution in [3.05, 3.63) is 30.6 Å². The third kappa shape index (κ3) is 3.58. The van der Waals surface area contributed by atoms with Crippen LogP contribution >= 0.6 is 0 Å². The Labute approximate surface area is 114 Å². The number of nitrogens with zero attached hydrogens (tertiary/aromatic N) is 1. The standard InChI is InChI=1S/C15H21N3O/c1-19-10-4-2-3-8-18-15-6-5-14(16)12-7-9-17-11-13(12)15/h5-7,9,11,18H,2-4,8,10,16H2,1H3. The average Bonchev–Trinajstić information content (AvgIpc) is 2.45. The molecular formula is C15H21N3O. The molecule has 4 nitrogen and oxygen atoms in total. The Morgan fingerprint density at radius 3 is 2.89 bits per heavy atom. The molecule has 0 unspecified atom stereocenters. The first-order valence-corrected chi connectivity index (χ1v) is 6.68. The zero-order chi connectivity index (χ0) is 13.5. The van der Waals surface area contributed by atoms with Gasteiger partial charge in [0.1, 0.15) is 0 Å². The van der Waals surface area contributed by atoms with Crippen LogP contribution in [0.4, 0.5) is 11.4 Å². The lowest BCUT2D eigenvalue weighted by Gasteiger charge is -2.11. The summed E-state index contributed by atoms with van der Waals surface area (Å²) in [6.07, 6.45) is 7.05. The van der Waals surface area contributed by atoms with Gasteiger partial charge in [-0.3, -0.25) is 4.98 Å². The van der Waals surface area contributed by atoms with E-state index in [1.807, 2.05) is 24.4 Å². The summed E-state index contributed by atoms with van der Waals surface area (Å²) in [6.45, 7) is 1.80. The van der Waals surface area contributed by atoms with Crippen molar-refractivity contribution in [3.63, 3.8) is 0 Å². The van der Waals surface area contributed by atoms with E-state index in [2.05, 4.69) is 10.3 Å². The molecule has 0 saturated heterocycles. The molecule has 0 aliphatic rings. The van der Waals surface area contributed by atoms with E-state index < -0.39 is 0 Å². The van der Waals surface area contributed by atoms with Crippen molar-refractivity contribution in [2.75, 3.05) is 31.3 Å². The molecule has 0 saturated carbocycles. The van der Waals surface area contributed by atoms with Crippen molar-refractivity contribution in [1.82, 2.24) is 4.98 Å². The van der Waals surface area contributed by atoms with Crippen molar-refractivity contribution in [1.29, 1.82) is 0 Å². The molecule has 102 valence electrons. The molecule has 1 heterocycles. The van der Waals surface area contributed by atoms with Gasteiger partial charge in [-0.05, 0) is 37.5 Å². The molecule has 2 rings (SSSR count). The van der Waals surface area contributed by atoms with E-state index in [-0.39, 0.29) is 0 Å². The van der Waals surface area contributed by atoms with Crippen LogP contribution in [0.15, 0.2) is 30.6 Å². The van der Waals surface area contributed by atoms with Gasteiger partial charge in [0.25, 0.3) is 0 Å². The highest BCUT2D eigenvalue weighted by Gasteiger charge is 2.03. The van der Waals surface area contributed by atoms with Crippen LogP contribution < -0.4 is 11.1 Å². The van der Waals surface area contributed by atoms with Crippen LogP contribution in [-0.2, 0) is 4.74 Å². The van der Waals surface area contributed by atoms with Crippen LogP contribution in [0.5, 0.6) is 0 Å². The second-order valence-corrected chi connectivity index (χ2v) is 4.60. The largest absolute Gasteiger partial charge is 0.398 e. The molecule has 0 aliphatic heterocycles. The Bertz CT molecular complexity index is 528. The van der Waals surface area contributed by atoms with Crippen LogP contribution in [0.25, 0.3) is 10.8 Å². The molecule has 1 aromatic heterocycles. The second-order valence-electron chi connectivity index (χ2n) is 4.60. The molecule has 0 aliphatic carbocycles. The molecule has 3 N–H and O–H groups in total. The highest BCUT2D eigenvalue weighted by Crippen LogP contribution is 2.27. The third-order valence-corrected chi connectivity index (χ3v) is 3.19. The predicted molar refractivity (Wildman–Crippen MR) is 80.4 cm³/mol. The third-order valence-electron chi connectivity index (χ3n) is 3.19. The lowest BCUT2D eigenvalue weighted by Crippen LogP contribution is -2.03. The molecule has 2 aromatic rings. The van der Waals surface area contributed by atoms with Gasteiger partial charge in [0.2, 0.25) is 0 Å². The number of unbranched alkanes of at least 4 members (excludes halogenated alkanes) is 2. The Morgan fingerprint density at radius 1 is 1.16 bits per heavy atom. The molecule has 4 heteroatoms. The van der Waals surface area contributed by atoms with Gasteiger partial charge < -0.3 is 15.8 Å². The average molecular weight is 259 g/mol. The number of aromatic nitrogens is 1. The highest BCUT2D eigenvalue weighted by atomic mass is 16.5. The lowest BCUT2D eigenvalue weighted by atomic mass is 10.1. The summed E-state index contributed by atoms with van der Waals surface area (Å²) in [6, 6.07) is 5.92. The maximum absolute atomic E-state index is 5.97. The summed E-state index contributed by atoms with van der Waals surface area (Å²) < 4.78 is 5.03. The molecular weight excluding hydrogens is 238 g/mol. The molecule has 1 aromatic carbocycles. The summed E-state index contributed by atoms with van der Waals surface area (Å²) in [7, 11) is 1.74. The fourth-order valence-electron chi connectivity index (χ4n) is 2.14. The van der Waals surface area contributed by atoms with Gasteiger partial charge in [0.05, 0.1) is 0 Å². The van der Waals surface area contributed by atoms with Crippen molar-refractivity contribution in [2.24, 2.45) is 0 Å². The summed E-state index contributed by atoms with van der Waals surface area (Å²) in [5.41, 5.74) is 7.86. The number of nitrogen functional groups attached to an aromatic ring is 1. The number of rotatable bonds is 7. The van der Waals surface area contributed by atoms with E-state index >= 15 is 0 Å². The van der Waals surface area contributed by atoms with E-state index in [9.17, 15) is 0 Å². The number of pyridine rings is 1. The zero-order valence-electron chi connectivity index (χ0n) is 11.4. The van der Waals surface area contributed by atoms with Crippen molar-refractivity contribution in [2.45, 2.75) is 19.3 Å². The normalized spacial score (nSPS) is 10.8. The van der Waals surface area contributed by atoms with Crippen LogP contribution in [-0.4, -0.2) is 25.2 Å². The molecule has 19 heavy (non-hydrogen) atoms. The summed E-state index contributed by atoms with van der Waals surface area (Å²) in [5, 5.41) is 5.59. The van der Waals surface area contributed by atoms with E-state index in [0.29, 0.717) is 0 Å². The minimum Gasteiger partial charge on any atom is -0.398 e. The molecule has 0 fully saturated rings. The van der Waals surface area contributed by atoms with Crippen molar-refractivity contribution < 1.29 is 4.74 Å². The van der Waals surface area contributed by atoms with Crippen LogP contribution in [0.2, 0.25) is 0 Å². The number of fused-ring (bicyclic) bond motifs is 1. The minimum atomic E-state index is 0.794.